The normalized spacial score (nSPS) is 10.5. The molecule has 3 aromatic rings. The summed E-state index contributed by atoms with van der Waals surface area (Å²) in [5.74, 6) is -0.0423. The molecule has 0 aliphatic carbocycles. The SMILES string of the molecule is O=C(CCc1cncc(Cl)c1)Nc1ccc(-c2cnc[nH]2)cc1. The van der Waals surface area contributed by atoms with Gasteiger partial charge in [-0.2, -0.15) is 0 Å². The summed E-state index contributed by atoms with van der Waals surface area (Å²) in [4.78, 5) is 23.0. The Hall–Kier alpha value is -2.66. The molecule has 6 heteroatoms. The number of aromatic amines is 1. The molecule has 3 rings (SSSR count). The first-order valence-electron chi connectivity index (χ1n) is 7.19. The van der Waals surface area contributed by atoms with Gasteiger partial charge in [-0.15, -0.1) is 0 Å². The van der Waals surface area contributed by atoms with Crippen molar-refractivity contribution in [1.29, 1.82) is 0 Å². The maximum absolute atomic E-state index is 12.0. The summed E-state index contributed by atoms with van der Waals surface area (Å²) >= 11 is 5.88. The molecule has 2 N–H and O–H groups in total. The van der Waals surface area contributed by atoms with Crippen LogP contribution in [0.3, 0.4) is 0 Å². The van der Waals surface area contributed by atoms with Gasteiger partial charge in [0, 0.05) is 24.5 Å². The monoisotopic (exact) mass is 326 g/mol. The summed E-state index contributed by atoms with van der Waals surface area (Å²) in [7, 11) is 0. The summed E-state index contributed by atoms with van der Waals surface area (Å²) in [5, 5.41) is 3.46. The highest BCUT2D eigenvalue weighted by molar-refractivity contribution is 6.30. The highest BCUT2D eigenvalue weighted by Crippen LogP contribution is 2.19. The Kier molecular flexibility index (Phi) is 4.68. The van der Waals surface area contributed by atoms with Crippen LogP contribution >= 0.6 is 11.6 Å². The summed E-state index contributed by atoms with van der Waals surface area (Å²) in [6.45, 7) is 0. The number of hydrogen-bond donors (Lipinski definition) is 2. The van der Waals surface area contributed by atoms with E-state index in [1.54, 1.807) is 24.9 Å². The van der Waals surface area contributed by atoms with Crippen LogP contribution in [0, 0.1) is 0 Å². The number of pyridine rings is 1. The lowest BCUT2D eigenvalue weighted by atomic mass is 10.1. The Morgan fingerprint density at radius 1 is 1.13 bits per heavy atom. The molecule has 116 valence electrons. The molecule has 0 fully saturated rings. The highest BCUT2D eigenvalue weighted by Gasteiger charge is 2.05. The van der Waals surface area contributed by atoms with E-state index >= 15 is 0 Å². The minimum Gasteiger partial charge on any atom is -0.345 e. The maximum Gasteiger partial charge on any atom is 0.224 e. The third-order valence-electron chi connectivity index (χ3n) is 3.38. The average Bonchev–Trinajstić information content (AvgIpc) is 3.08. The number of nitrogens with one attached hydrogen (secondary N) is 2. The van der Waals surface area contributed by atoms with Crippen molar-refractivity contribution in [3.8, 4) is 11.3 Å². The fraction of sp³-hybridized carbons (Fsp3) is 0.118. The van der Waals surface area contributed by atoms with Crippen molar-refractivity contribution in [2.75, 3.05) is 5.32 Å². The lowest BCUT2D eigenvalue weighted by Gasteiger charge is -2.06. The van der Waals surface area contributed by atoms with Crippen LogP contribution < -0.4 is 5.32 Å². The van der Waals surface area contributed by atoms with E-state index in [1.165, 1.54) is 0 Å². The van der Waals surface area contributed by atoms with E-state index in [4.69, 9.17) is 11.6 Å². The molecule has 0 spiro atoms. The topological polar surface area (TPSA) is 70.7 Å². The van der Waals surface area contributed by atoms with Crippen LogP contribution in [0.1, 0.15) is 12.0 Å². The van der Waals surface area contributed by atoms with Gasteiger partial charge in [0.25, 0.3) is 0 Å². The van der Waals surface area contributed by atoms with E-state index in [0.29, 0.717) is 17.9 Å². The lowest BCUT2D eigenvalue weighted by Crippen LogP contribution is -2.12. The Bertz CT molecular complexity index is 785. The van der Waals surface area contributed by atoms with Crippen molar-refractivity contribution in [2.24, 2.45) is 0 Å². The van der Waals surface area contributed by atoms with Gasteiger partial charge < -0.3 is 10.3 Å². The number of anilines is 1. The smallest absolute Gasteiger partial charge is 0.224 e. The number of benzene rings is 1. The van der Waals surface area contributed by atoms with Crippen LogP contribution in [0.5, 0.6) is 0 Å². The molecular formula is C17H15ClN4O. The van der Waals surface area contributed by atoms with Crippen LogP contribution in [0.15, 0.2) is 55.2 Å². The van der Waals surface area contributed by atoms with Crippen molar-refractivity contribution >= 4 is 23.2 Å². The standard InChI is InChI=1S/C17H15ClN4O/c18-14-7-12(8-19-9-14)1-6-17(23)22-15-4-2-13(3-5-15)16-10-20-11-21-16/h2-5,7-11H,1,6H2,(H,20,21)(H,22,23). The molecule has 2 aromatic heterocycles. The third-order valence-corrected chi connectivity index (χ3v) is 3.59. The van der Waals surface area contributed by atoms with Crippen molar-refractivity contribution in [3.63, 3.8) is 0 Å². The predicted octanol–water partition coefficient (Wildman–Crippen LogP) is 3.70. The fourth-order valence-electron chi connectivity index (χ4n) is 2.22. The van der Waals surface area contributed by atoms with Crippen LogP contribution in [-0.4, -0.2) is 20.9 Å². The Balaban J connectivity index is 1.55. The van der Waals surface area contributed by atoms with Crippen LogP contribution in [0.4, 0.5) is 5.69 Å². The van der Waals surface area contributed by atoms with E-state index in [-0.39, 0.29) is 5.91 Å². The summed E-state index contributed by atoms with van der Waals surface area (Å²) in [6, 6.07) is 9.43. The molecule has 1 amide bonds. The Morgan fingerprint density at radius 3 is 2.65 bits per heavy atom. The molecule has 1 aromatic carbocycles. The fourth-order valence-corrected chi connectivity index (χ4v) is 2.42. The number of amides is 1. The van der Waals surface area contributed by atoms with Crippen molar-refractivity contribution in [2.45, 2.75) is 12.8 Å². The molecule has 0 aliphatic rings. The number of H-pyrrole nitrogens is 1. The summed E-state index contributed by atoms with van der Waals surface area (Å²) in [5.41, 5.74) is 3.67. The predicted molar refractivity (Wildman–Crippen MR) is 90.2 cm³/mol. The van der Waals surface area contributed by atoms with E-state index in [0.717, 1.165) is 22.5 Å². The number of nitrogens with zero attached hydrogens (tertiary/aromatic N) is 2. The zero-order valence-corrected chi connectivity index (χ0v) is 13.0. The van der Waals surface area contributed by atoms with Gasteiger partial charge in [-0.25, -0.2) is 4.98 Å². The molecule has 0 saturated heterocycles. The van der Waals surface area contributed by atoms with Crippen LogP contribution in [0.25, 0.3) is 11.3 Å². The number of aromatic nitrogens is 3. The first kappa shape index (κ1) is 15.2. The van der Waals surface area contributed by atoms with Crippen molar-refractivity contribution in [1.82, 2.24) is 15.0 Å². The zero-order chi connectivity index (χ0) is 16.1. The van der Waals surface area contributed by atoms with E-state index < -0.39 is 0 Å². The van der Waals surface area contributed by atoms with Gasteiger partial charge in [-0.05, 0) is 35.7 Å². The number of hydrogen-bond acceptors (Lipinski definition) is 3. The highest BCUT2D eigenvalue weighted by atomic mass is 35.5. The molecule has 2 heterocycles. The number of halogens is 1. The second kappa shape index (κ2) is 7.07. The average molecular weight is 327 g/mol. The molecule has 23 heavy (non-hydrogen) atoms. The summed E-state index contributed by atoms with van der Waals surface area (Å²) in [6.07, 6.45) is 7.67. The Labute approximate surface area is 138 Å². The second-order valence-corrected chi connectivity index (χ2v) is 5.54. The lowest BCUT2D eigenvalue weighted by molar-refractivity contribution is -0.116. The van der Waals surface area contributed by atoms with Crippen LogP contribution in [-0.2, 0) is 11.2 Å². The van der Waals surface area contributed by atoms with Gasteiger partial charge in [0.05, 0.1) is 23.2 Å². The minimum atomic E-state index is -0.0423. The van der Waals surface area contributed by atoms with Crippen LogP contribution in [0.2, 0.25) is 5.02 Å². The van der Waals surface area contributed by atoms with Crippen molar-refractivity contribution < 1.29 is 4.79 Å². The van der Waals surface area contributed by atoms with E-state index in [1.807, 2.05) is 30.3 Å². The van der Waals surface area contributed by atoms with Gasteiger partial charge in [0.1, 0.15) is 0 Å². The van der Waals surface area contributed by atoms with Gasteiger partial charge in [-0.3, -0.25) is 9.78 Å². The third kappa shape index (κ3) is 4.17. The molecule has 0 atom stereocenters. The molecule has 0 aliphatic heterocycles. The van der Waals surface area contributed by atoms with Gasteiger partial charge >= 0.3 is 0 Å². The largest absolute Gasteiger partial charge is 0.345 e. The number of aryl methyl sites for hydroxylation is 1. The first-order chi connectivity index (χ1) is 11.2. The maximum atomic E-state index is 12.0. The number of rotatable bonds is 5. The number of carbonyl (C=O) groups is 1. The van der Waals surface area contributed by atoms with Gasteiger partial charge in [-0.1, -0.05) is 23.7 Å². The number of carbonyl (C=O) groups excluding carboxylic acids is 1. The zero-order valence-electron chi connectivity index (χ0n) is 12.3. The summed E-state index contributed by atoms with van der Waals surface area (Å²) < 4.78 is 0. The van der Waals surface area contributed by atoms with Gasteiger partial charge in [0.2, 0.25) is 5.91 Å². The molecule has 5 nitrogen and oxygen atoms in total. The molecule has 0 saturated carbocycles. The Morgan fingerprint density at radius 2 is 1.96 bits per heavy atom. The van der Waals surface area contributed by atoms with E-state index in [9.17, 15) is 4.79 Å². The molecule has 0 radical (unpaired) electrons. The van der Waals surface area contributed by atoms with E-state index in [2.05, 4.69) is 20.3 Å². The quantitative estimate of drug-likeness (QED) is 0.751. The second-order valence-electron chi connectivity index (χ2n) is 5.10. The molecule has 0 unspecified atom stereocenters. The van der Waals surface area contributed by atoms with Crippen molar-refractivity contribution in [3.05, 3.63) is 65.8 Å². The van der Waals surface area contributed by atoms with Gasteiger partial charge in [0.15, 0.2) is 0 Å². The minimum absolute atomic E-state index is 0.0423. The number of imidazole rings is 1. The molecule has 0 bridgehead atoms. The molecular weight excluding hydrogens is 312 g/mol. The first-order valence-corrected chi connectivity index (χ1v) is 7.56.